The van der Waals surface area contributed by atoms with Crippen molar-refractivity contribution in [3.8, 4) is 5.75 Å². The summed E-state index contributed by atoms with van der Waals surface area (Å²) in [6, 6.07) is 14.4. The average Bonchev–Trinajstić information content (AvgIpc) is 2.66. The fraction of sp³-hybridized carbons (Fsp3) is 0.286. The Morgan fingerprint density at radius 1 is 1.15 bits per heavy atom. The van der Waals surface area contributed by atoms with Crippen molar-refractivity contribution in [1.29, 1.82) is 0 Å². The van der Waals surface area contributed by atoms with E-state index >= 15 is 0 Å². The number of fused-ring (bicyclic) bond motifs is 1. The number of nitrogens with one attached hydrogen (secondary N) is 2. The minimum atomic E-state index is -0.751. The highest BCUT2D eigenvalue weighted by Crippen LogP contribution is 2.28. The second-order valence-electron chi connectivity index (χ2n) is 6.51. The number of hydrogen-bond acceptors (Lipinski definition) is 5. The predicted molar refractivity (Wildman–Crippen MR) is 105 cm³/mol. The molecule has 6 nitrogen and oxygen atoms in total. The lowest BCUT2D eigenvalue weighted by molar-refractivity contribution is 0.176. The molecular weight excluding hydrogens is 344 g/mol. The molecule has 1 heterocycles. The van der Waals surface area contributed by atoms with Crippen LogP contribution in [0, 0.1) is 0 Å². The highest BCUT2D eigenvalue weighted by atomic mass is 16.5. The third kappa shape index (κ3) is 4.74. The van der Waals surface area contributed by atoms with Crippen molar-refractivity contribution in [2.24, 2.45) is 0 Å². The Hall–Kier alpha value is -2.67. The molecule has 6 heteroatoms. The van der Waals surface area contributed by atoms with Gasteiger partial charge in [-0.25, -0.2) is 0 Å². The van der Waals surface area contributed by atoms with Gasteiger partial charge in [0.05, 0.1) is 18.2 Å². The SMILES string of the molecule is COCc1cccc(CCNCC(O)c2ccc(O)c3[nH]c(=O)ccc23)c1. The molecule has 1 unspecified atom stereocenters. The molecule has 0 saturated heterocycles. The number of methoxy groups -OCH3 is 1. The summed E-state index contributed by atoms with van der Waals surface area (Å²) < 4.78 is 5.15. The van der Waals surface area contributed by atoms with Crippen LogP contribution in [0.25, 0.3) is 10.9 Å². The summed E-state index contributed by atoms with van der Waals surface area (Å²) in [4.78, 5) is 14.1. The summed E-state index contributed by atoms with van der Waals surface area (Å²) in [7, 11) is 1.68. The molecule has 0 aliphatic carbocycles. The Balaban J connectivity index is 1.61. The Morgan fingerprint density at radius 2 is 1.96 bits per heavy atom. The number of phenols is 1. The minimum Gasteiger partial charge on any atom is -0.506 e. The molecule has 142 valence electrons. The summed E-state index contributed by atoms with van der Waals surface area (Å²) in [6.07, 6.45) is 0.0901. The number of rotatable bonds is 8. The Morgan fingerprint density at radius 3 is 2.78 bits per heavy atom. The number of aromatic hydroxyl groups is 1. The molecule has 0 saturated carbocycles. The Kier molecular flexibility index (Phi) is 6.24. The fourth-order valence-electron chi connectivity index (χ4n) is 3.17. The summed E-state index contributed by atoms with van der Waals surface area (Å²) in [5.74, 6) is -0.0115. The van der Waals surface area contributed by atoms with Crippen LogP contribution >= 0.6 is 0 Å². The van der Waals surface area contributed by atoms with E-state index in [1.807, 2.05) is 12.1 Å². The zero-order chi connectivity index (χ0) is 19.2. The van der Waals surface area contributed by atoms with Crippen LogP contribution in [0.3, 0.4) is 0 Å². The third-order valence-corrected chi connectivity index (χ3v) is 4.50. The maximum Gasteiger partial charge on any atom is 0.248 e. The number of aliphatic hydroxyl groups is 1. The molecule has 3 rings (SSSR count). The van der Waals surface area contributed by atoms with E-state index in [2.05, 4.69) is 22.4 Å². The van der Waals surface area contributed by atoms with Gasteiger partial charge < -0.3 is 25.3 Å². The quantitative estimate of drug-likeness (QED) is 0.458. The summed E-state index contributed by atoms with van der Waals surface area (Å²) in [5, 5.41) is 24.4. The van der Waals surface area contributed by atoms with Gasteiger partial charge in [-0.1, -0.05) is 30.3 Å². The molecule has 2 aromatic carbocycles. The van der Waals surface area contributed by atoms with Crippen molar-refractivity contribution in [2.75, 3.05) is 20.2 Å². The van der Waals surface area contributed by atoms with Gasteiger partial charge in [0.1, 0.15) is 5.75 Å². The number of pyridine rings is 1. The van der Waals surface area contributed by atoms with Crippen molar-refractivity contribution < 1.29 is 14.9 Å². The summed E-state index contributed by atoms with van der Waals surface area (Å²) in [5.41, 5.74) is 3.06. The Bertz CT molecular complexity index is 968. The second-order valence-corrected chi connectivity index (χ2v) is 6.51. The molecule has 0 fully saturated rings. The number of aromatic nitrogens is 1. The lowest BCUT2D eigenvalue weighted by atomic mass is 10.0. The first-order valence-electron chi connectivity index (χ1n) is 8.89. The lowest BCUT2D eigenvalue weighted by Crippen LogP contribution is -2.24. The molecule has 4 N–H and O–H groups in total. The number of H-pyrrole nitrogens is 1. The van der Waals surface area contributed by atoms with Crippen LogP contribution in [-0.2, 0) is 17.8 Å². The molecule has 0 aliphatic heterocycles. The van der Waals surface area contributed by atoms with E-state index in [0.717, 1.165) is 18.5 Å². The van der Waals surface area contributed by atoms with Gasteiger partial charge in [0.25, 0.3) is 0 Å². The van der Waals surface area contributed by atoms with Crippen LogP contribution in [-0.4, -0.2) is 35.4 Å². The van der Waals surface area contributed by atoms with Gasteiger partial charge in [-0.3, -0.25) is 4.79 Å². The van der Waals surface area contributed by atoms with Crippen LogP contribution in [0.4, 0.5) is 0 Å². The van der Waals surface area contributed by atoms with Crippen molar-refractivity contribution in [3.05, 3.63) is 75.6 Å². The maximum atomic E-state index is 11.5. The first-order valence-corrected chi connectivity index (χ1v) is 8.89. The van der Waals surface area contributed by atoms with Crippen LogP contribution in [0.15, 0.2) is 53.3 Å². The van der Waals surface area contributed by atoms with Crippen LogP contribution in [0.5, 0.6) is 5.75 Å². The van der Waals surface area contributed by atoms with E-state index in [1.165, 1.54) is 17.7 Å². The van der Waals surface area contributed by atoms with Crippen LogP contribution < -0.4 is 10.9 Å². The number of ether oxygens (including phenoxy) is 1. The van der Waals surface area contributed by atoms with E-state index in [9.17, 15) is 15.0 Å². The van der Waals surface area contributed by atoms with Gasteiger partial charge in [-0.2, -0.15) is 0 Å². The minimum absolute atomic E-state index is 0.0115. The van der Waals surface area contributed by atoms with Gasteiger partial charge in [0, 0.05) is 25.1 Å². The third-order valence-electron chi connectivity index (χ3n) is 4.50. The zero-order valence-electron chi connectivity index (χ0n) is 15.2. The second kappa shape index (κ2) is 8.81. The number of aromatic amines is 1. The Labute approximate surface area is 157 Å². The highest BCUT2D eigenvalue weighted by Gasteiger charge is 2.13. The largest absolute Gasteiger partial charge is 0.506 e. The maximum absolute atomic E-state index is 11.5. The van der Waals surface area contributed by atoms with E-state index < -0.39 is 6.10 Å². The molecule has 0 aliphatic rings. The first kappa shape index (κ1) is 19.1. The van der Waals surface area contributed by atoms with Crippen molar-refractivity contribution in [1.82, 2.24) is 10.3 Å². The van der Waals surface area contributed by atoms with Crippen LogP contribution in [0.2, 0.25) is 0 Å². The van der Waals surface area contributed by atoms with Crippen molar-refractivity contribution in [3.63, 3.8) is 0 Å². The number of aliphatic hydroxyl groups excluding tert-OH is 1. The van der Waals surface area contributed by atoms with E-state index in [-0.39, 0.29) is 11.3 Å². The van der Waals surface area contributed by atoms with Gasteiger partial charge in [-0.05, 0) is 41.8 Å². The van der Waals surface area contributed by atoms with Gasteiger partial charge in [-0.15, -0.1) is 0 Å². The smallest absolute Gasteiger partial charge is 0.248 e. The molecule has 1 atom stereocenters. The first-order chi connectivity index (χ1) is 13.1. The highest BCUT2D eigenvalue weighted by molar-refractivity contribution is 5.87. The van der Waals surface area contributed by atoms with E-state index in [0.29, 0.717) is 29.6 Å². The molecule has 0 radical (unpaired) electrons. The summed E-state index contributed by atoms with van der Waals surface area (Å²) in [6.45, 7) is 1.69. The topological polar surface area (TPSA) is 94.6 Å². The number of phenolic OH excluding ortho intramolecular Hbond substituents is 1. The van der Waals surface area contributed by atoms with Gasteiger partial charge >= 0.3 is 0 Å². The molecule has 0 bridgehead atoms. The normalized spacial score (nSPS) is 12.4. The number of benzene rings is 2. The average molecular weight is 368 g/mol. The summed E-state index contributed by atoms with van der Waals surface area (Å²) >= 11 is 0. The molecular formula is C21H24N2O4. The monoisotopic (exact) mass is 368 g/mol. The lowest BCUT2D eigenvalue weighted by Gasteiger charge is -2.15. The van der Waals surface area contributed by atoms with Crippen LogP contribution in [0.1, 0.15) is 22.8 Å². The molecule has 27 heavy (non-hydrogen) atoms. The van der Waals surface area contributed by atoms with Crippen molar-refractivity contribution in [2.45, 2.75) is 19.1 Å². The van der Waals surface area contributed by atoms with Crippen molar-refractivity contribution >= 4 is 10.9 Å². The van der Waals surface area contributed by atoms with E-state index in [4.69, 9.17) is 4.74 Å². The predicted octanol–water partition coefficient (Wildman–Crippen LogP) is 2.25. The molecule has 0 amide bonds. The molecule has 3 aromatic rings. The molecule has 1 aromatic heterocycles. The van der Waals surface area contributed by atoms with Gasteiger partial charge in [0.15, 0.2) is 0 Å². The fourth-order valence-corrected chi connectivity index (χ4v) is 3.17. The standard InChI is InChI=1S/C21H24N2O4/c1-27-13-15-4-2-3-14(11-15)9-10-22-12-19(25)16-5-7-18(24)21-17(16)6-8-20(26)23-21/h2-8,11,19,22,24-25H,9-10,12-13H2,1H3,(H,23,26). The number of hydrogen-bond donors (Lipinski definition) is 4. The molecule has 0 spiro atoms. The van der Waals surface area contributed by atoms with E-state index in [1.54, 1.807) is 19.2 Å². The zero-order valence-corrected chi connectivity index (χ0v) is 15.2. The van der Waals surface area contributed by atoms with Gasteiger partial charge in [0.2, 0.25) is 5.56 Å².